The van der Waals surface area contributed by atoms with Crippen molar-refractivity contribution in [2.24, 2.45) is 0 Å². The number of aromatic nitrogens is 3. The second-order valence-electron chi connectivity index (χ2n) is 6.75. The van der Waals surface area contributed by atoms with Crippen molar-refractivity contribution in [2.45, 2.75) is 13.5 Å². The molecular weight excluding hydrogens is 352 g/mol. The lowest BCUT2D eigenvalue weighted by atomic mass is 10.1. The van der Waals surface area contributed by atoms with Crippen molar-refractivity contribution in [1.29, 1.82) is 0 Å². The second-order valence-corrected chi connectivity index (χ2v) is 6.75. The average Bonchev–Trinajstić information content (AvgIpc) is 2.74. The molecule has 1 aliphatic rings. The van der Waals surface area contributed by atoms with Gasteiger partial charge in [0.1, 0.15) is 0 Å². The Morgan fingerprint density at radius 3 is 2.79 bits per heavy atom. The van der Waals surface area contributed by atoms with Crippen LogP contribution in [0.3, 0.4) is 0 Å². The lowest BCUT2D eigenvalue weighted by molar-refractivity contribution is 0.123. The van der Waals surface area contributed by atoms with Gasteiger partial charge in [-0.3, -0.25) is 0 Å². The summed E-state index contributed by atoms with van der Waals surface area (Å²) in [7, 11) is 0. The van der Waals surface area contributed by atoms with E-state index in [-0.39, 0.29) is 0 Å². The highest BCUT2D eigenvalue weighted by atomic mass is 16.5. The van der Waals surface area contributed by atoms with E-state index in [0.717, 1.165) is 37.7 Å². The molecule has 0 aliphatic carbocycles. The van der Waals surface area contributed by atoms with Gasteiger partial charge in [-0.15, -0.1) is 5.10 Å². The molecule has 28 heavy (non-hydrogen) atoms. The predicted octanol–water partition coefficient (Wildman–Crippen LogP) is 3.37. The summed E-state index contributed by atoms with van der Waals surface area (Å²) in [6.07, 6.45) is 1.63. The van der Waals surface area contributed by atoms with Gasteiger partial charge in [0.2, 0.25) is 5.95 Å². The number of para-hydroxylation sites is 2. The number of ether oxygens (including phenoxy) is 1. The highest BCUT2D eigenvalue weighted by molar-refractivity contribution is 5.73. The molecule has 0 spiro atoms. The third-order valence-corrected chi connectivity index (χ3v) is 4.62. The quantitative estimate of drug-likeness (QED) is 0.683. The zero-order valence-electron chi connectivity index (χ0n) is 15.9. The van der Waals surface area contributed by atoms with Crippen LogP contribution in [0.2, 0.25) is 0 Å². The van der Waals surface area contributed by atoms with Gasteiger partial charge in [0.25, 0.3) is 0 Å². The maximum Gasteiger partial charge on any atom is 0.249 e. The van der Waals surface area contributed by atoms with E-state index in [9.17, 15) is 0 Å². The molecule has 1 saturated heterocycles. The van der Waals surface area contributed by atoms with Crippen molar-refractivity contribution in [3.63, 3.8) is 0 Å². The Balaban J connectivity index is 1.46. The molecule has 0 radical (unpaired) electrons. The largest absolute Gasteiger partial charge is 0.378 e. The highest BCUT2D eigenvalue weighted by Gasteiger charge is 2.15. The molecule has 7 nitrogen and oxygen atoms in total. The first-order valence-corrected chi connectivity index (χ1v) is 9.46. The SMILES string of the molecule is Cc1cccc(CNc2cnnc(Nc3ccccc3N3CCOCC3)n2)c1. The Morgan fingerprint density at radius 1 is 1.07 bits per heavy atom. The number of rotatable bonds is 6. The fraction of sp³-hybridized carbons (Fsp3) is 0.286. The van der Waals surface area contributed by atoms with E-state index >= 15 is 0 Å². The fourth-order valence-electron chi connectivity index (χ4n) is 3.24. The smallest absolute Gasteiger partial charge is 0.249 e. The first-order valence-electron chi connectivity index (χ1n) is 9.46. The van der Waals surface area contributed by atoms with E-state index in [1.807, 2.05) is 18.2 Å². The summed E-state index contributed by atoms with van der Waals surface area (Å²) in [6.45, 7) is 6.00. The lowest BCUT2D eigenvalue weighted by Gasteiger charge is -2.30. The van der Waals surface area contributed by atoms with Crippen molar-refractivity contribution >= 4 is 23.1 Å². The van der Waals surface area contributed by atoms with Gasteiger partial charge in [-0.25, -0.2) is 0 Å². The monoisotopic (exact) mass is 376 g/mol. The van der Waals surface area contributed by atoms with E-state index in [2.05, 4.69) is 68.0 Å². The summed E-state index contributed by atoms with van der Waals surface area (Å²) < 4.78 is 5.46. The number of hydrogen-bond acceptors (Lipinski definition) is 7. The normalized spacial score (nSPS) is 14.0. The van der Waals surface area contributed by atoms with Crippen LogP contribution < -0.4 is 15.5 Å². The zero-order chi connectivity index (χ0) is 19.2. The molecule has 0 amide bonds. The number of aryl methyl sites for hydroxylation is 1. The molecule has 1 aliphatic heterocycles. The minimum atomic E-state index is 0.468. The molecule has 7 heteroatoms. The number of nitrogens with one attached hydrogen (secondary N) is 2. The van der Waals surface area contributed by atoms with Crippen molar-refractivity contribution < 1.29 is 4.74 Å². The second kappa shape index (κ2) is 8.67. The van der Waals surface area contributed by atoms with Crippen LogP contribution >= 0.6 is 0 Å². The lowest BCUT2D eigenvalue weighted by Crippen LogP contribution is -2.36. The maximum atomic E-state index is 5.46. The summed E-state index contributed by atoms with van der Waals surface area (Å²) >= 11 is 0. The molecule has 3 aromatic rings. The van der Waals surface area contributed by atoms with E-state index in [1.165, 1.54) is 11.1 Å². The standard InChI is InChI=1S/C21H24N6O/c1-16-5-4-6-17(13-16)14-22-20-15-23-26-21(25-20)24-18-7-2-3-8-19(18)27-9-11-28-12-10-27/h2-8,13,15H,9-12,14H2,1H3,(H2,22,24,25,26). The van der Waals surface area contributed by atoms with Gasteiger partial charge in [0, 0.05) is 19.6 Å². The third-order valence-electron chi connectivity index (χ3n) is 4.62. The minimum absolute atomic E-state index is 0.468. The molecule has 0 bridgehead atoms. The van der Waals surface area contributed by atoms with Crippen LogP contribution in [-0.2, 0) is 11.3 Å². The van der Waals surface area contributed by atoms with E-state index in [4.69, 9.17) is 4.74 Å². The van der Waals surface area contributed by atoms with Crippen molar-refractivity contribution in [2.75, 3.05) is 41.8 Å². The van der Waals surface area contributed by atoms with Crippen molar-refractivity contribution in [3.05, 3.63) is 65.9 Å². The van der Waals surface area contributed by atoms with E-state index in [1.54, 1.807) is 6.20 Å². The van der Waals surface area contributed by atoms with Gasteiger partial charge < -0.3 is 20.3 Å². The van der Waals surface area contributed by atoms with E-state index < -0.39 is 0 Å². The summed E-state index contributed by atoms with van der Waals surface area (Å²) in [5.74, 6) is 1.15. The van der Waals surface area contributed by atoms with E-state index in [0.29, 0.717) is 18.3 Å². The Labute approximate surface area is 164 Å². The Morgan fingerprint density at radius 2 is 1.93 bits per heavy atom. The molecule has 1 aromatic heterocycles. The Hall–Kier alpha value is -3.19. The molecule has 144 valence electrons. The number of anilines is 4. The van der Waals surface area contributed by atoms with Crippen LogP contribution in [0.4, 0.5) is 23.1 Å². The molecule has 2 N–H and O–H groups in total. The van der Waals surface area contributed by atoms with Crippen molar-refractivity contribution in [1.82, 2.24) is 15.2 Å². The van der Waals surface area contributed by atoms with Crippen LogP contribution in [0.15, 0.2) is 54.7 Å². The topological polar surface area (TPSA) is 75.2 Å². The summed E-state index contributed by atoms with van der Waals surface area (Å²) in [5, 5.41) is 14.8. The highest BCUT2D eigenvalue weighted by Crippen LogP contribution is 2.28. The number of morpholine rings is 1. The van der Waals surface area contributed by atoms with Gasteiger partial charge >= 0.3 is 0 Å². The number of nitrogens with zero attached hydrogens (tertiary/aromatic N) is 4. The molecule has 2 aromatic carbocycles. The number of hydrogen-bond donors (Lipinski definition) is 2. The van der Waals surface area contributed by atoms with Gasteiger partial charge in [-0.1, -0.05) is 42.0 Å². The Bertz CT molecular complexity index is 926. The third kappa shape index (κ3) is 4.55. The molecule has 1 fully saturated rings. The molecule has 0 unspecified atom stereocenters. The molecule has 4 rings (SSSR count). The van der Waals surface area contributed by atoms with Gasteiger partial charge in [0.15, 0.2) is 5.82 Å². The Kier molecular flexibility index (Phi) is 5.63. The summed E-state index contributed by atoms with van der Waals surface area (Å²) in [5.41, 5.74) is 4.52. The number of benzene rings is 2. The molecule has 0 atom stereocenters. The molecule has 2 heterocycles. The zero-order valence-corrected chi connectivity index (χ0v) is 15.9. The van der Waals surface area contributed by atoms with Gasteiger partial charge in [-0.05, 0) is 24.6 Å². The van der Waals surface area contributed by atoms with Crippen LogP contribution in [0.25, 0.3) is 0 Å². The van der Waals surface area contributed by atoms with Crippen LogP contribution in [0.1, 0.15) is 11.1 Å². The first-order chi connectivity index (χ1) is 13.8. The van der Waals surface area contributed by atoms with Crippen LogP contribution in [0, 0.1) is 6.92 Å². The van der Waals surface area contributed by atoms with Crippen LogP contribution in [-0.4, -0.2) is 41.5 Å². The van der Waals surface area contributed by atoms with Gasteiger partial charge in [-0.2, -0.15) is 10.1 Å². The summed E-state index contributed by atoms with van der Waals surface area (Å²) in [4.78, 5) is 6.86. The fourth-order valence-corrected chi connectivity index (χ4v) is 3.24. The van der Waals surface area contributed by atoms with Gasteiger partial charge in [0.05, 0.1) is 30.8 Å². The molecular formula is C21H24N6O. The first kappa shape index (κ1) is 18.2. The van der Waals surface area contributed by atoms with Crippen LogP contribution in [0.5, 0.6) is 0 Å². The average molecular weight is 376 g/mol. The predicted molar refractivity (Wildman–Crippen MR) is 111 cm³/mol. The molecule has 0 saturated carbocycles. The minimum Gasteiger partial charge on any atom is -0.378 e. The van der Waals surface area contributed by atoms with Crippen molar-refractivity contribution in [3.8, 4) is 0 Å². The summed E-state index contributed by atoms with van der Waals surface area (Å²) in [6, 6.07) is 16.5. The maximum absolute atomic E-state index is 5.46.